The maximum absolute atomic E-state index is 12.6. The van der Waals surface area contributed by atoms with Gasteiger partial charge in [-0.15, -0.1) is 0 Å². The van der Waals surface area contributed by atoms with Gasteiger partial charge in [0.05, 0.1) is 5.56 Å². The van der Waals surface area contributed by atoms with Crippen LogP contribution in [0.2, 0.25) is 0 Å². The molecule has 1 aliphatic rings. The van der Waals surface area contributed by atoms with Gasteiger partial charge in [-0.3, -0.25) is 0 Å². The SMILES string of the molecule is CCCCN1CCC(N(CC)C(=O)Nc2ccc(C(F)(F)F)cc2)CC1. The molecule has 0 aliphatic carbocycles. The monoisotopic (exact) mass is 371 g/mol. The molecule has 7 heteroatoms. The Bertz CT molecular complexity index is 566. The van der Waals surface area contributed by atoms with Crippen molar-refractivity contribution in [1.29, 1.82) is 0 Å². The van der Waals surface area contributed by atoms with Crippen molar-refractivity contribution in [3.8, 4) is 0 Å². The molecule has 0 atom stereocenters. The van der Waals surface area contributed by atoms with Crippen LogP contribution >= 0.6 is 0 Å². The quantitative estimate of drug-likeness (QED) is 0.778. The van der Waals surface area contributed by atoms with E-state index in [9.17, 15) is 18.0 Å². The predicted octanol–water partition coefficient (Wildman–Crippen LogP) is 4.82. The van der Waals surface area contributed by atoms with E-state index in [0.717, 1.165) is 44.6 Å². The number of benzene rings is 1. The molecule has 2 amide bonds. The van der Waals surface area contributed by atoms with Gasteiger partial charge in [0.25, 0.3) is 0 Å². The molecule has 1 heterocycles. The first-order valence-corrected chi connectivity index (χ1v) is 9.32. The first-order chi connectivity index (χ1) is 12.3. The second-order valence-electron chi connectivity index (χ2n) is 6.72. The molecule has 0 aromatic heterocycles. The van der Waals surface area contributed by atoms with Gasteiger partial charge in [0.1, 0.15) is 0 Å². The van der Waals surface area contributed by atoms with E-state index in [2.05, 4.69) is 17.1 Å². The second-order valence-corrected chi connectivity index (χ2v) is 6.72. The van der Waals surface area contributed by atoms with Crippen molar-refractivity contribution in [2.45, 2.75) is 51.7 Å². The first kappa shape index (κ1) is 20.6. The summed E-state index contributed by atoms with van der Waals surface area (Å²) in [5.41, 5.74) is -0.343. The van der Waals surface area contributed by atoms with Crippen LogP contribution in [0.4, 0.5) is 23.7 Å². The molecule has 1 aromatic carbocycles. The normalized spacial score (nSPS) is 16.5. The number of hydrogen-bond acceptors (Lipinski definition) is 2. The second kappa shape index (κ2) is 9.26. The van der Waals surface area contributed by atoms with Crippen LogP contribution in [0.5, 0.6) is 0 Å². The summed E-state index contributed by atoms with van der Waals surface area (Å²) in [4.78, 5) is 16.8. The summed E-state index contributed by atoms with van der Waals surface area (Å²) in [7, 11) is 0. The number of nitrogens with zero attached hydrogens (tertiary/aromatic N) is 2. The summed E-state index contributed by atoms with van der Waals surface area (Å²) in [5, 5.41) is 2.72. The number of unbranched alkanes of at least 4 members (excludes halogenated alkanes) is 1. The van der Waals surface area contributed by atoms with E-state index in [0.29, 0.717) is 12.2 Å². The number of rotatable bonds is 6. The molecule has 1 aromatic rings. The number of nitrogens with one attached hydrogen (secondary N) is 1. The third-order valence-corrected chi connectivity index (χ3v) is 4.89. The smallest absolute Gasteiger partial charge is 0.322 e. The highest BCUT2D eigenvalue weighted by molar-refractivity contribution is 5.89. The minimum atomic E-state index is -4.37. The van der Waals surface area contributed by atoms with E-state index in [1.807, 2.05) is 6.92 Å². The van der Waals surface area contributed by atoms with E-state index in [-0.39, 0.29) is 12.1 Å². The fourth-order valence-corrected chi connectivity index (χ4v) is 3.34. The summed E-state index contributed by atoms with van der Waals surface area (Å²) in [6.45, 7) is 7.75. The summed E-state index contributed by atoms with van der Waals surface area (Å²) in [6, 6.07) is 4.48. The van der Waals surface area contributed by atoms with Gasteiger partial charge in [0.15, 0.2) is 0 Å². The minimum Gasteiger partial charge on any atom is -0.322 e. The van der Waals surface area contributed by atoms with Gasteiger partial charge < -0.3 is 15.1 Å². The van der Waals surface area contributed by atoms with Crippen LogP contribution in [0.15, 0.2) is 24.3 Å². The van der Waals surface area contributed by atoms with Gasteiger partial charge >= 0.3 is 12.2 Å². The van der Waals surface area contributed by atoms with Crippen LogP contribution in [0, 0.1) is 0 Å². The van der Waals surface area contributed by atoms with Crippen LogP contribution in [0.3, 0.4) is 0 Å². The Morgan fingerprint density at radius 2 is 1.81 bits per heavy atom. The van der Waals surface area contributed by atoms with Crippen molar-refractivity contribution in [2.75, 3.05) is 31.5 Å². The lowest BCUT2D eigenvalue weighted by molar-refractivity contribution is -0.137. The highest BCUT2D eigenvalue weighted by Crippen LogP contribution is 2.30. The van der Waals surface area contributed by atoms with Gasteiger partial charge in [-0.05, 0) is 57.0 Å². The number of anilines is 1. The Labute approximate surface area is 153 Å². The van der Waals surface area contributed by atoms with Gasteiger partial charge in [-0.1, -0.05) is 13.3 Å². The summed E-state index contributed by atoms with van der Waals surface area (Å²) in [6.07, 6.45) is -0.146. The molecular formula is C19H28F3N3O. The lowest BCUT2D eigenvalue weighted by Gasteiger charge is -2.38. The van der Waals surface area contributed by atoms with Gasteiger partial charge in [-0.2, -0.15) is 13.2 Å². The highest BCUT2D eigenvalue weighted by atomic mass is 19.4. The first-order valence-electron chi connectivity index (χ1n) is 9.32. The lowest BCUT2D eigenvalue weighted by Crippen LogP contribution is -2.48. The van der Waals surface area contributed by atoms with Crippen molar-refractivity contribution < 1.29 is 18.0 Å². The van der Waals surface area contributed by atoms with Crippen LogP contribution in [-0.2, 0) is 6.18 Å². The zero-order chi connectivity index (χ0) is 19.2. The fourth-order valence-electron chi connectivity index (χ4n) is 3.34. The molecule has 1 aliphatic heterocycles. The highest BCUT2D eigenvalue weighted by Gasteiger charge is 2.30. The molecule has 1 saturated heterocycles. The molecular weight excluding hydrogens is 343 g/mol. The number of piperidine rings is 1. The van der Waals surface area contributed by atoms with Gasteiger partial charge in [0.2, 0.25) is 0 Å². The predicted molar refractivity (Wildman–Crippen MR) is 97.2 cm³/mol. The van der Waals surface area contributed by atoms with Crippen molar-refractivity contribution in [1.82, 2.24) is 9.80 Å². The number of halogens is 3. The molecule has 1 fully saturated rings. The Hall–Kier alpha value is -1.76. The van der Waals surface area contributed by atoms with Gasteiger partial charge in [0, 0.05) is 31.4 Å². The molecule has 0 spiro atoms. The maximum Gasteiger partial charge on any atom is 0.416 e. The van der Waals surface area contributed by atoms with Crippen LogP contribution < -0.4 is 5.32 Å². The lowest BCUT2D eigenvalue weighted by atomic mass is 10.0. The number of likely N-dealkylation sites (tertiary alicyclic amines) is 1. The standard InChI is InChI=1S/C19H28F3N3O/c1-3-5-12-24-13-10-17(11-14-24)25(4-2)18(26)23-16-8-6-15(7-9-16)19(20,21)22/h6-9,17H,3-5,10-14H2,1-2H3,(H,23,26). The molecule has 0 radical (unpaired) electrons. The van der Waals surface area contributed by atoms with E-state index in [1.54, 1.807) is 4.90 Å². The zero-order valence-corrected chi connectivity index (χ0v) is 15.5. The molecule has 1 N–H and O–H groups in total. The fraction of sp³-hybridized carbons (Fsp3) is 0.632. The number of urea groups is 1. The van der Waals surface area contributed by atoms with Crippen molar-refractivity contribution in [3.05, 3.63) is 29.8 Å². The molecule has 4 nitrogen and oxygen atoms in total. The largest absolute Gasteiger partial charge is 0.416 e. The summed E-state index contributed by atoms with van der Waals surface area (Å²) >= 11 is 0. The zero-order valence-electron chi connectivity index (χ0n) is 15.5. The Morgan fingerprint density at radius 3 is 2.31 bits per heavy atom. The van der Waals surface area contributed by atoms with Crippen LogP contribution in [0.1, 0.15) is 45.1 Å². The Balaban J connectivity index is 1.90. The summed E-state index contributed by atoms with van der Waals surface area (Å²) < 4.78 is 37.9. The molecule has 0 bridgehead atoms. The number of hydrogen-bond donors (Lipinski definition) is 1. The molecule has 146 valence electrons. The van der Waals surface area contributed by atoms with Crippen LogP contribution in [0.25, 0.3) is 0 Å². The molecule has 0 unspecified atom stereocenters. The van der Waals surface area contributed by atoms with E-state index in [4.69, 9.17) is 0 Å². The molecule has 26 heavy (non-hydrogen) atoms. The van der Waals surface area contributed by atoms with Crippen molar-refractivity contribution in [3.63, 3.8) is 0 Å². The number of amides is 2. The maximum atomic E-state index is 12.6. The minimum absolute atomic E-state index is 0.173. The van der Waals surface area contributed by atoms with E-state index >= 15 is 0 Å². The van der Waals surface area contributed by atoms with Crippen LogP contribution in [-0.4, -0.2) is 48.1 Å². The third-order valence-electron chi connectivity index (χ3n) is 4.89. The average Bonchev–Trinajstić information content (AvgIpc) is 2.61. The van der Waals surface area contributed by atoms with E-state index < -0.39 is 11.7 Å². The Morgan fingerprint density at radius 1 is 1.19 bits per heavy atom. The Kier molecular flexibility index (Phi) is 7.32. The van der Waals surface area contributed by atoms with Crippen molar-refractivity contribution >= 4 is 11.7 Å². The van der Waals surface area contributed by atoms with Crippen molar-refractivity contribution in [2.24, 2.45) is 0 Å². The summed E-state index contributed by atoms with van der Waals surface area (Å²) in [5.74, 6) is 0. The number of carbonyl (C=O) groups excluding carboxylic acids is 1. The van der Waals surface area contributed by atoms with Gasteiger partial charge in [-0.25, -0.2) is 4.79 Å². The number of alkyl halides is 3. The van der Waals surface area contributed by atoms with E-state index in [1.165, 1.54) is 25.0 Å². The number of carbonyl (C=O) groups is 1. The molecule has 2 rings (SSSR count). The third kappa shape index (κ3) is 5.62. The molecule has 0 saturated carbocycles. The topological polar surface area (TPSA) is 35.6 Å². The average molecular weight is 371 g/mol.